The Bertz CT molecular complexity index is 164. The maximum atomic E-state index is 11.0. The fraction of sp³-hybridized carbons (Fsp3) is 0.875. The molecule has 0 amide bonds. The van der Waals surface area contributed by atoms with Crippen molar-refractivity contribution in [3.63, 3.8) is 0 Å². The lowest BCUT2D eigenvalue weighted by atomic mass is 10.3. The zero-order chi connectivity index (χ0) is 11.0. The summed E-state index contributed by atoms with van der Waals surface area (Å²) >= 11 is 1.52. The van der Waals surface area contributed by atoms with Crippen LogP contribution in [0.25, 0.3) is 0 Å². The number of aliphatic hydroxyl groups excluding tert-OH is 3. The van der Waals surface area contributed by atoms with Crippen LogP contribution in [0.2, 0.25) is 0 Å². The zero-order valence-electron chi connectivity index (χ0n) is 8.05. The number of aliphatic hydroxyl groups is 3. The van der Waals surface area contributed by atoms with Gasteiger partial charge in [-0.2, -0.15) is 11.8 Å². The standard InChI is InChI=1S/C8H16O5S/c1-14-3-2-7(11)8(12)13-5-6(10)4-9/h6-7,9-11H,2-5H2,1H3. The Morgan fingerprint density at radius 3 is 2.64 bits per heavy atom. The minimum absolute atomic E-state index is 0.286. The number of carbonyl (C=O) groups is 1. The summed E-state index contributed by atoms with van der Waals surface area (Å²) in [5.41, 5.74) is 0. The average molecular weight is 224 g/mol. The number of ether oxygens (including phenoxy) is 1. The summed E-state index contributed by atoms with van der Waals surface area (Å²) in [6.45, 7) is -0.750. The van der Waals surface area contributed by atoms with Crippen molar-refractivity contribution in [2.24, 2.45) is 0 Å². The second-order valence-electron chi connectivity index (χ2n) is 2.76. The molecular weight excluding hydrogens is 208 g/mol. The van der Waals surface area contributed by atoms with Crippen LogP contribution >= 0.6 is 11.8 Å². The molecule has 6 heteroatoms. The smallest absolute Gasteiger partial charge is 0.335 e. The van der Waals surface area contributed by atoms with E-state index in [-0.39, 0.29) is 6.61 Å². The largest absolute Gasteiger partial charge is 0.461 e. The highest BCUT2D eigenvalue weighted by atomic mass is 32.2. The fourth-order valence-corrected chi connectivity index (χ4v) is 1.13. The number of hydrogen-bond donors (Lipinski definition) is 3. The topological polar surface area (TPSA) is 87.0 Å². The molecule has 0 spiro atoms. The monoisotopic (exact) mass is 224 g/mol. The molecule has 0 aromatic heterocycles. The third-order valence-electron chi connectivity index (χ3n) is 1.50. The molecule has 0 bridgehead atoms. The van der Waals surface area contributed by atoms with Gasteiger partial charge < -0.3 is 20.1 Å². The summed E-state index contributed by atoms with van der Waals surface area (Å²) in [5.74, 6) is -0.0923. The van der Waals surface area contributed by atoms with Crippen LogP contribution in [-0.4, -0.2) is 58.7 Å². The Morgan fingerprint density at radius 1 is 1.50 bits per heavy atom. The second-order valence-corrected chi connectivity index (χ2v) is 3.75. The summed E-state index contributed by atoms with van der Waals surface area (Å²) in [6, 6.07) is 0. The second kappa shape index (κ2) is 8.05. The lowest BCUT2D eigenvalue weighted by Gasteiger charge is -2.11. The Morgan fingerprint density at radius 2 is 2.14 bits per heavy atom. The van der Waals surface area contributed by atoms with Crippen molar-refractivity contribution >= 4 is 17.7 Å². The van der Waals surface area contributed by atoms with Gasteiger partial charge in [0.15, 0.2) is 6.10 Å². The first kappa shape index (κ1) is 13.7. The SMILES string of the molecule is CSCCC(O)C(=O)OCC(O)CO. The van der Waals surface area contributed by atoms with Crippen LogP contribution in [0.3, 0.4) is 0 Å². The van der Waals surface area contributed by atoms with Gasteiger partial charge in [0.05, 0.1) is 6.61 Å². The molecule has 0 saturated carbocycles. The lowest BCUT2D eigenvalue weighted by Crippen LogP contribution is -2.28. The Hall–Kier alpha value is -0.300. The number of hydrogen-bond acceptors (Lipinski definition) is 6. The summed E-state index contributed by atoms with van der Waals surface area (Å²) in [6.07, 6.45) is -0.0250. The van der Waals surface area contributed by atoms with E-state index in [1.165, 1.54) is 11.8 Å². The maximum Gasteiger partial charge on any atom is 0.335 e. The molecule has 0 fully saturated rings. The molecule has 3 N–H and O–H groups in total. The minimum Gasteiger partial charge on any atom is -0.461 e. The molecule has 0 aliphatic heterocycles. The molecule has 2 unspecified atom stereocenters. The van der Waals surface area contributed by atoms with Gasteiger partial charge in [0.25, 0.3) is 0 Å². The lowest BCUT2D eigenvalue weighted by molar-refractivity contribution is -0.157. The van der Waals surface area contributed by atoms with E-state index in [9.17, 15) is 9.90 Å². The van der Waals surface area contributed by atoms with E-state index < -0.39 is 24.8 Å². The summed E-state index contributed by atoms with van der Waals surface area (Å²) in [5, 5.41) is 26.5. The molecule has 0 aliphatic carbocycles. The third-order valence-corrected chi connectivity index (χ3v) is 2.14. The molecule has 5 nitrogen and oxygen atoms in total. The highest BCUT2D eigenvalue weighted by Crippen LogP contribution is 2.02. The van der Waals surface area contributed by atoms with E-state index in [2.05, 4.69) is 4.74 Å². The normalized spacial score (nSPS) is 14.9. The van der Waals surface area contributed by atoms with Gasteiger partial charge >= 0.3 is 5.97 Å². The molecule has 0 rings (SSSR count). The highest BCUT2D eigenvalue weighted by Gasteiger charge is 2.17. The van der Waals surface area contributed by atoms with E-state index >= 15 is 0 Å². The first-order chi connectivity index (χ1) is 6.61. The van der Waals surface area contributed by atoms with Crippen molar-refractivity contribution in [3.05, 3.63) is 0 Å². The van der Waals surface area contributed by atoms with Crippen molar-refractivity contribution in [3.8, 4) is 0 Å². The fourth-order valence-electron chi connectivity index (χ4n) is 0.675. The molecule has 84 valence electrons. The summed E-state index contributed by atoms with van der Waals surface area (Å²) in [7, 11) is 0. The van der Waals surface area contributed by atoms with Gasteiger partial charge in [0, 0.05) is 0 Å². The van der Waals surface area contributed by atoms with Crippen LogP contribution in [-0.2, 0) is 9.53 Å². The van der Waals surface area contributed by atoms with Gasteiger partial charge in [-0.05, 0) is 18.4 Å². The van der Waals surface area contributed by atoms with E-state index in [1.807, 2.05) is 6.26 Å². The van der Waals surface area contributed by atoms with Crippen molar-refractivity contribution in [2.45, 2.75) is 18.6 Å². The van der Waals surface area contributed by atoms with Crippen molar-refractivity contribution < 1.29 is 24.9 Å². The minimum atomic E-state index is -1.15. The highest BCUT2D eigenvalue weighted by molar-refractivity contribution is 7.98. The van der Waals surface area contributed by atoms with Crippen LogP contribution in [0.1, 0.15) is 6.42 Å². The molecule has 0 heterocycles. The van der Waals surface area contributed by atoms with Gasteiger partial charge in [0.2, 0.25) is 0 Å². The van der Waals surface area contributed by atoms with Crippen LogP contribution in [0.15, 0.2) is 0 Å². The van der Waals surface area contributed by atoms with E-state index in [4.69, 9.17) is 10.2 Å². The Balaban J connectivity index is 3.61. The van der Waals surface area contributed by atoms with Crippen molar-refractivity contribution in [1.29, 1.82) is 0 Å². The van der Waals surface area contributed by atoms with E-state index in [0.717, 1.165) is 0 Å². The van der Waals surface area contributed by atoms with E-state index in [1.54, 1.807) is 0 Å². The van der Waals surface area contributed by atoms with Gasteiger partial charge in [-0.15, -0.1) is 0 Å². The molecule has 0 aromatic rings. The molecule has 0 radical (unpaired) electrons. The first-order valence-electron chi connectivity index (χ1n) is 4.24. The van der Waals surface area contributed by atoms with Crippen LogP contribution < -0.4 is 0 Å². The molecule has 14 heavy (non-hydrogen) atoms. The number of thioether (sulfide) groups is 1. The molecule has 0 aliphatic rings. The Kier molecular flexibility index (Phi) is 7.87. The van der Waals surface area contributed by atoms with E-state index in [0.29, 0.717) is 12.2 Å². The predicted molar refractivity (Wildman–Crippen MR) is 53.1 cm³/mol. The van der Waals surface area contributed by atoms with Crippen LogP contribution in [0.5, 0.6) is 0 Å². The predicted octanol–water partition coefficient (Wildman–Crippen LogP) is -1.00. The number of esters is 1. The van der Waals surface area contributed by atoms with Gasteiger partial charge in [-0.1, -0.05) is 0 Å². The molecule has 0 aromatic carbocycles. The summed E-state index contributed by atoms with van der Waals surface area (Å²) in [4.78, 5) is 11.0. The quantitative estimate of drug-likeness (QED) is 0.481. The Labute approximate surface area is 87.1 Å². The van der Waals surface area contributed by atoms with Gasteiger partial charge in [0.1, 0.15) is 12.7 Å². The van der Waals surface area contributed by atoms with Crippen molar-refractivity contribution in [1.82, 2.24) is 0 Å². The van der Waals surface area contributed by atoms with Crippen LogP contribution in [0, 0.1) is 0 Å². The zero-order valence-corrected chi connectivity index (χ0v) is 8.87. The third kappa shape index (κ3) is 6.20. The molecular formula is C8H16O5S. The van der Waals surface area contributed by atoms with Crippen LogP contribution in [0.4, 0.5) is 0 Å². The average Bonchev–Trinajstić information content (AvgIpc) is 2.21. The molecule has 0 saturated heterocycles. The molecule has 2 atom stereocenters. The van der Waals surface area contributed by atoms with Gasteiger partial charge in [-0.3, -0.25) is 0 Å². The van der Waals surface area contributed by atoms with Crippen molar-refractivity contribution in [2.75, 3.05) is 25.2 Å². The summed E-state index contributed by atoms with van der Waals surface area (Å²) < 4.78 is 4.55. The maximum absolute atomic E-state index is 11.0. The first-order valence-corrected chi connectivity index (χ1v) is 5.63. The van der Waals surface area contributed by atoms with Gasteiger partial charge in [-0.25, -0.2) is 4.79 Å². The number of carbonyl (C=O) groups excluding carboxylic acids is 1. The number of rotatable bonds is 7.